The SMILES string of the molecule is Fc1[c]cccc1CCc1ccccc1. The van der Waals surface area contributed by atoms with Crippen molar-refractivity contribution in [3.63, 3.8) is 0 Å². The van der Waals surface area contributed by atoms with E-state index in [1.807, 2.05) is 30.3 Å². The lowest BCUT2D eigenvalue weighted by atomic mass is 10.0. The summed E-state index contributed by atoms with van der Waals surface area (Å²) in [6.45, 7) is 0. The second-order valence-electron chi connectivity index (χ2n) is 3.49. The smallest absolute Gasteiger partial charge is 0.134 e. The molecule has 0 fully saturated rings. The molecule has 0 aliphatic rings. The van der Waals surface area contributed by atoms with Crippen molar-refractivity contribution < 1.29 is 4.39 Å². The summed E-state index contributed by atoms with van der Waals surface area (Å²) >= 11 is 0. The largest absolute Gasteiger partial charge is 0.206 e. The van der Waals surface area contributed by atoms with Crippen LogP contribution in [0.25, 0.3) is 0 Å². The molecule has 0 saturated heterocycles. The van der Waals surface area contributed by atoms with E-state index in [1.54, 1.807) is 6.07 Å². The van der Waals surface area contributed by atoms with Crippen LogP contribution >= 0.6 is 0 Å². The van der Waals surface area contributed by atoms with Gasteiger partial charge in [-0.15, -0.1) is 0 Å². The van der Waals surface area contributed by atoms with Crippen LogP contribution in [0.5, 0.6) is 0 Å². The molecule has 0 spiro atoms. The first kappa shape index (κ1) is 9.91. The molecule has 2 aromatic carbocycles. The summed E-state index contributed by atoms with van der Waals surface area (Å²) in [4.78, 5) is 0. The summed E-state index contributed by atoms with van der Waals surface area (Å²) in [5.41, 5.74) is 1.97. The molecule has 0 unspecified atom stereocenters. The maximum atomic E-state index is 13.2. The average Bonchev–Trinajstić information content (AvgIpc) is 2.29. The Bertz CT molecular complexity index is 420. The Hall–Kier alpha value is -1.63. The Morgan fingerprint density at radius 3 is 2.47 bits per heavy atom. The Morgan fingerprint density at radius 2 is 1.73 bits per heavy atom. The quantitative estimate of drug-likeness (QED) is 0.710. The molecule has 15 heavy (non-hydrogen) atoms. The predicted octanol–water partition coefficient (Wildman–Crippen LogP) is 3.41. The van der Waals surface area contributed by atoms with Gasteiger partial charge in [0.1, 0.15) is 5.82 Å². The van der Waals surface area contributed by atoms with Crippen molar-refractivity contribution in [3.05, 3.63) is 71.5 Å². The van der Waals surface area contributed by atoms with Gasteiger partial charge in [0.2, 0.25) is 0 Å². The number of halogens is 1. The summed E-state index contributed by atoms with van der Waals surface area (Å²) in [6.07, 6.45) is 1.60. The van der Waals surface area contributed by atoms with Gasteiger partial charge in [-0.2, -0.15) is 0 Å². The minimum absolute atomic E-state index is 0.228. The molecular formula is C14H12F. The molecule has 75 valence electrons. The van der Waals surface area contributed by atoms with Crippen LogP contribution in [-0.2, 0) is 12.8 Å². The van der Waals surface area contributed by atoms with Crippen molar-refractivity contribution in [2.24, 2.45) is 0 Å². The molecular weight excluding hydrogens is 187 g/mol. The van der Waals surface area contributed by atoms with E-state index in [9.17, 15) is 4.39 Å². The van der Waals surface area contributed by atoms with E-state index in [0.717, 1.165) is 18.4 Å². The summed E-state index contributed by atoms with van der Waals surface area (Å²) < 4.78 is 13.2. The van der Waals surface area contributed by atoms with Crippen LogP contribution in [0.2, 0.25) is 0 Å². The lowest BCUT2D eigenvalue weighted by molar-refractivity contribution is 0.606. The van der Waals surface area contributed by atoms with E-state index in [2.05, 4.69) is 18.2 Å². The van der Waals surface area contributed by atoms with Crippen molar-refractivity contribution in [2.45, 2.75) is 12.8 Å². The van der Waals surface area contributed by atoms with E-state index in [1.165, 1.54) is 5.56 Å². The molecule has 0 amide bonds. The third kappa shape index (κ3) is 2.66. The van der Waals surface area contributed by atoms with E-state index < -0.39 is 0 Å². The fourth-order valence-electron chi connectivity index (χ4n) is 1.57. The summed E-state index contributed by atoms with van der Waals surface area (Å²) in [5, 5.41) is 0. The van der Waals surface area contributed by atoms with Gasteiger partial charge in [0, 0.05) is 6.07 Å². The van der Waals surface area contributed by atoms with Crippen molar-refractivity contribution in [2.75, 3.05) is 0 Å². The zero-order valence-corrected chi connectivity index (χ0v) is 8.41. The van der Waals surface area contributed by atoms with Crippen LogP contribution in [0.1, 0.15) is 11.1 Å². The van der Waals surface area contributed by atoms with Crippen LogP contribution in [0.15, 0.2) is 48.5 Å². The molecule has 0 aliphatic heterocycles. The van der Waals surface area contributed by atoms with E-state index in [4.69, 9.17) is 0 Å². The van der Waals surface area contributed by atoms with Gasteiger partial charge in [-0.1, -0.05) is 48.5 Å². The van der Waals surface area contributed by atoms with Crippen LogP contribution in [0, 0.1) is 11.9 Å². The predicted molar refractivity (Wildman–Crippen MR) is 59.1 cm³/mol. The van der Waals surface area contributed by atoms with Gasteiger partial charge in [0.15, 0.2) is 0 Å². The highest BCUT2D eigenvalue weighted by Crippen LogP contribution is 2.10. The van der Waals surface area contributed by atoms with Crippen molar-refractivity contribution in [1.29, 1.82) is 0 Å². The van der Waals surface area contributed by atoms with Gasteiger partial charge in [-0.3, -0.25) is 0 Å². The maximum absolute atomic E-state index is 13.2. The first-order valence-electron chi connectivity index (χ1n) is 5.05. The van der Waals surface area contributed by atoms with Gasteiger partial charge in [0.05, 0.1) is 0 Å². The number of hydrogen-bond acceptors (Lipinski definition) is 0. The molecule has 1 heteroatoms. The monoisotopic (exact) mass is 199 g/mol. The van der Waals surface area contributed by atoms with Gasteiger partial charge in [-0.25, -0.2) is 4.39 Å². The van der Waals surface area contributed by atoms with Gasteiger partial charge >= 0.3 is 0 Å². The first-order valence-corrected chi connectivity index (χ1v) is 5.05. The average molecular weight is 199 g/mol. The highest BCUT2D eigenvalue weighted by Gasteiger charge is 2.00. The van der Waals surface area contributed by atoms with Gasteiger partial charge < -0.3 is 0 Å². The molecule has 0 aromatic heterocycles. The van der Waals surface area contributed by atoms with E-state index >= 15 is 0 Å². The molecule has 0 heterocycles. The second kappa shape index (κ2) is 4.74. The standard InChI is InChI=1S/C14H12F/c15-14-9-5-4-8-13(14)11-10-12-6-2-1-3-7-12/h1-8H,10-11H2. The molecule has 2 rings (SSSR count). The Labute approximate surface area is 89.4 Å². The molecule has 0 nitrogen and oxygen atoms in total. The zero-order chi connectivity index (χ0) is 10.5. The van der Waals surface area contributed by atoms with Gasteiger partial charge in [0.25, 0.3) is 0 Å². The molecule has 0 atom stereocenters. The Kier molecular flexibility index (Phi) is 3.13. The molecule has 0 N–H and O–H groups in total. The third-order valence-corrected chi connectivity index (χ3v) is 2.41. The third-order valence-electron chi connectivity index (χ3n) is 2.41. The van der Waals surface area contributed by atoms with Crippen LogP contribution in [0.3, 0.4) is 0 Å². The summed E-state index contributed by atoms with van der Waals surface area (Å²) in [6, 6.07) is 17.9. The van der Waals surface area contributed by atoms with Crippen molar-refractivity contribution >= 4 is 0 Å². The molecule has 0 aliphatic carbocycles. The number of rotatable bonds is 3. The minimum Gasteiger partial charge on any atom is -0.206 e. The van der Waals surface area contributed by atoms with Gasteiger partial charge in [-0.05, 0) is 24.0 Å². The molecule has 2 aromatic rings. The zero-order valence-electron chi connectivity index (χ0n) is 8.41. The number of hydrogen-bond donors (Lipinski definition) is 0. The van der Waals surface area contributed by atoms with Crippen LogP contribution in [-0.4, -0.2) is 0 Å². The fraction of sp³-hybridized carbons (Fsp3) is 0.143. The van der Waals surface area contributed by atoms with E-state index in [0.29, 0.717) is 0 Å². The molecule has 0 saturated carbocycles. The number of benzene rings is 2. The first-order chi connectivity index (χ1) is 7.36. The van der Waals surface area contributed by atoms with Crippen molar-refractivity contribution in [3.8, 4) is 0 Å². The van der Waals surface area contributed by atoms with Crippen LogP contribution < -0.4 is 0 Å². The highest BCUT2D eigenvalue weighted by atomic mass is 19.1. The summed E-state index contributed by atoms with van der Waals surface area (Å²) in [5.74, 6) is -0.228. The maximum Gasteiger partial charge on any atom is 0.134 e. The fourth-order valence-corrected chi connectivity index (χ4v) is 1.57. The normalized spacial score (nSPS) is 10.2. The Balaban J connectivity index is 2.03. The van der Waals surface area contributed by atoms with E-state index in [-0.39, 0.29) is 5.82 Å². The van der Waals surface area contributed by atoms with Crippen LogP contribution in [0.4, 0.5) is 4.39 Å². The summed E-state index contributed by atoms with van der Waals surface area (Å²) in [7, 11) is 0. The van der Waals surface area contributed by atoms with Crippen molar-refractivity contribution in [1.82, 2.24) is 0 Å². The lowest BCUT2D eigenvalue weighted by Gasteiger charge is -2.02. The minimum atomic E-state index is -0.228. The number of aryl methyl sites for hydroxylation is 2. The highest BCUT2D eigenvalue weighted by molar-refractivity contribution is 5.20. The molecule has 0 bridgehead atoms. The molecule has 1 radical (unpaired) electrons. The lowest BCUT2D eigenvalue weighted by Crippen LogP contribution is -1.94. The Morgan fingerprint density at radius 1 is 0.933 bits per heavy atom. The second-order valence-corrected chi connectivity index (χ2v) is 3.49. The topological polar surface area (TPSA) is 0 Å².